The van der Waals surface area contributed by atoms with Gasteiger partial charge in [0.1, 0.15) is 0 Å². The highest BCUT2D eigenvalue weighted by Gasteiger charge is 2.29. The molecule has 0 aliphatic carbocycles. The van der Waals surface area contributed by atoms with Crippen LogP contribution in [-0.4, -0.2) is 30.6 Å². The molecule has 5 heteroatoms. The van der Waals surface area contributed by atoms with Gasteiger partial charge in [0.2, 0.25) is 10.0 Å². The topological polar surface area (TPSA) is 37.4 Å². The van der Waals surface area contributed by atoms with Crippen molar-refractivity contribution in [1.29, 1.82) is 0 Å². The van der Waals surface area contributed by atoms with Gasteiger partial charge in [-0.15, -0.1) is 0 Å². The van der Waals surface area contributed by atoms with Crippen molar-refractivity contribution in [3.8, 4) is 0 Å². The van der Waals surface area contributed by atoms with E-state index < -0.39 is 10.0 Å². The summed E-state index contributed by atoms with van der Waals surface area (Å²) in [4.78, 5) is 0.419. The van der Waals surface area contributed by atoms with E-state index >= 15 is 0 Å². The van der Waals surface area contributed by atoms with Gasteiger partial charge in [0.15, 0.2) is 0 Å². The molecule has 19 heavy (non-hydrogen) atoms. The Balaban J connectivity index is 3.24. The SMILES string of the molecule is CCC(CC)N(CCBr)S(=O)(=O)c1ccccc1C. The number of rotatable bonds is 7. The van der Waals surface area contributed by atoms with E-state index in [0.717, 1.165) is 18.4 Å². The number of benzene rings is 1. The summed E-state index contributed by atoms with van der Waals surface area (Å²) in [6.45, 7) is 6.40. The molecule has 1 aromatic rings. The second-order valence-electron chi connectivity index (χ2n) is 4.54. The van der Waals surface area contributed by atoms with Crippen LogP contribution in [0.2, 0.25) is 0 Å². The molecule has 0 radical (unpaired) electrons. The Labute approximate surface area is 125 Å². The molecule has 0 aromatic heterocycles. The molecule has 108 valence electrons. The highest BCUT2D eigenvalue weighted by molar-refractivity contribution is 9.09. The fourth-order valence-electron chi connectivity index (χ4n) is 2.25. The van der Waals surface area contributed by atoms with Gasteiger partial charge < -0.3 is 0 Å². The van der Waals surface area contributed by atoms with Crippen LogP contribution < -0.4 is 0 Å². The van der Waals surface area contributed by atoms with E-state index in [-0.39, 0.29) is 6.04 Å². The van der Waals surface area contributed by atoms with Gasteiger partial charge in [-0.25, -0.2) is 8.42 Å². The van der Waals surface area contributed by atoms with E-state index in [1.54, 1.807) is 16.4 Å². The van der Waals surface area contributed by atoms with E-state index in [2.05, 4.69) is 15.9 Å². The van der Waals surface area contributed by atoms with Gasteiger partial charge in [-0.2, -0.15) is 4.31 Å². The molecule has 0 bridgehead atoms. The van der Waals surface area contributed by atoms with Crippen molar-refractivity contribution in [2.24, 2.45) is 0 Å². The average molecular weight is 348 g/mol. The molecule has 0 atom stereocenters. The number of sulfonamides is 1. The Morgan fingerprint density at radius 3 is 2.26 bits per heavy atom. The minimum atomic E-state index is -3.41. The molecule has 0 aliphatic rings. The monoisotopic (exact) mass is 347 g/mol. The Kier molecular flexibility index (Phi) is 6.50. The van der Waals surface area contributed by atoms with Crippen LogP contribution in [0.5, 0.6) is 0 Å². The summed E-state index contributed by atoms with van der Waals surface area (Å²) in [7, 11) is -3.41. The summed E-state index contributed by atoms with van der Waals surface area (Å²) >= 11 is 3.35. The molecule has 1 aromatic carbocycles. The lowest BCUT2D eigenvalue weighted by atomic mass is 10.2. The van der Waals surface area contributed by atoms with Gasteiger partial charge in [0.05, 0.1) is 4.90 Å². The molecule has 0 aliphatic heterocycles. The van der Waals surface area contributed by atoms with Gasteiger partial charge >= 0.3 is 0 Å². The van der Waals surface area contributed by atoms with Gasteiger partial charge in [-0.05, 0) is 31.4 Å². The fourth-order valence-corrected chi connectivity index (χ4v) is 4.87. The van der Waals surface area contributed by atoms with E-state index in [0.29, 0.717) is 16.8 Å². The van der Waals surface area contributed by atoms with Crippen molar-refractivity contribution >= 4 is 26.0 Å². The molecule has 0 amide bonds. The Hall–Kier alpha value is -0.390. The largest absolute Gasteiger partial charge is 0.243 e. The average Bonchev–Trinajstić information content (AvgIpc) is 2.39. The summed E-state index contributed by atoms with van der Waals surface area (Å²) in [5.41, 5.74) is 0.799. The fraction of sp³-hybridized carbons (Fsp3) is 0.571. The molecular weight excluding hydrogens is 326 g/mol. The summed E-state index contributed by atoms with van der Waals surface area (Å²) < 4.78 is 27.2. The van der Waals surface area contributed by atoms with Crippen LogP contribution in [0, 0.1) is 6.92 Å². The zero-order valence-corrected chi connectivity index (χ0v) is 14.2. The van der Waals surface area contributed by atoms with Crippen LogP contribution >= 0.6 is 15.9 Å². The lowest BCUT2D eigenvalue weighted by Crippen LogP contribution is -2.41. The summed E-state index contributed by atoms with van der Waals surface area (Å²) in [5.74, 6) is 0. The standard InChI is InChI=1S/C14H22BrNO2S/c1-4-13(5-2)16(11-10-15)19(17,18)14-9-7-6-8-12(14)3/h6-9,13H,4-5,10-11H2,1-3H3. The third-order valence-electron chi connectivity index (χ3n) is 3.33. The number of alkyl halides is 1. The quantitative estimate of drug-likeness (QED) is 0.707. The Morgan fingerprint density at radius 1 is 1.21 bits per heavy atom. The van der Waals surface area contributed by atoms with Gasteiger partial charge in [-0.3, -0.25) is 0 Å². The van der Waals surface area contributed by atoms with Crippen molar-refractivity contribution in [2.45, 2.75) is 44.6 Å². The van der Waals surface area contributed by atoms with Crippen molar-refractivity contribution in [2.75, 3.05) is 11.9 Å². The van der Waals surface area contributed by atoms with E-state index in [1.165, 1.54) is 0 Å². The highest BCUT2D eigenvalue weighted by atomic mass is 79.9. The van der Waals surface area contributed by atoms with Crippen LogP contribution in [-0.2, 0) is 10.0 Å². The molecule has 0 fully saturated rings. The molecule has 3 nitrogen and oxygen atoms in total. The zero-order chi connectivity index (χ0) is 14.5. The van der Waals surface area contributed by atoms with Gasteiger partial charge in [-0.1, -0.05) is 48.0 Å². The molecule has 1 rings (SSSR count). The lowest BCUT2D eigenvalue weighted by molar-refractivity contribution is 0.317. The first-order valence-electron chi connectivity index (χ1n) is 6.62. The zero-order valence-electron chi connectivity index (χ0n) is 11.8. The molecule has 0 unspecified atom stereocenters. The van der Waals surface area contributed by atoms with Crippen molar-refractivity contribution in [1.82, 2.24) is 4.31 Å². The maximum atomic E-state index is 12.8. The van der Waals surface area contributed by atoms with E-state index in [1.807, 2.05) is 32.9 Å². The first-order chi connectivity index (χ1) is 8.98. The molecule has 0 heterocycles. The van der Waals surface area contributed by atoms with Crippen LogP contribution in [0.3, 0.4) is 0 Å². The maximum Gasteiger partial charge on any atom is 0.243 e. The van der Waals surface area contributed by atoms with Gasteiger partial charge in [0.25, 0.3) is 0 Å². The van der Waals surface area contributed by atoms with E-state index in [9.17, 15) is 8.42 Å². The Bertz CT molecular complexity index is 498. The Morgan fingerprint density at radius 2 is 1.79 bits per heavy atom. The highest BCUT2D eigenvalue weighted by Crippen LogP contribution is 2.23. The van der Waals surface area contributed by atoms with Crippen LogP contribution in [0.1, 0.15) is 32.3 Å². The summed E-state index contributed by atoms with van der Waals surface area (Å²) in [5, 5.41) is 0.647. The summed E-state index contributed by atoms with van der Waals surface area (Å²) in [6, 6.07) is 7.22. The molecule has 0 N–H and O–H groups in total. The van der Waals surface area contributed by atoms with Crippen LogP contribution in [0.25, 0.3) is 0 Å². The number of hydrogen-bond donors (Lipinski definition) is 0. The normalized spacial score (nSPS) is 12.3. The minimum Gasteiger partial charge on any atom is -0.207 e. The third-order valence-corrected chi connectivity index (χ3v) is 5.80. The number of hydrogen-bond acceptors (Lipinski definition) is 2. The third kappa shape index (κ3) is 3.80. The minimum absolute atomic E-state index is 0.0576. The van der Waals surface area contributed by atoms with Crippen LogP contribution in [0.15, 0.2) is 29.2 Å². The second kappa shape index (κ2) is 7.41. The molecule has 0 saturated carbocycles. The number of aryl methyl sites for hydroxylation is 1. The molecule has 0 saturated heterocycles. The maximum absolute atomic E-state index is 12.8. The predicted molar refractivity (Wildman–Crippen MR) is 83.2 cm³/mol. The first-order valence-corrected chi connectivity index (χ1v) is 9.18. The van der Waals surface area contributed by atoms with E-state index in [4.69, 9.17) is 0 Å². The smallest absolute Gasteiger partial charge is 0.207 e. The van der Waals surface area contributed by atoms with Crippen molar-refractivity contribution < 1.29 is 8.42 Å². The number of halogens is 1. The first kappa shape index (κ1) is 16.7. The van der Waals surface area contributed by atoms with Crippen LogP contribution in [0.4, 0.5) is 0 Å². The predicted octanol–water partition coefficient (Wildman–Crippen LogP) is 3.57. The van der Waals surface area contributed by atoms with Gasteiger partial charge in [0, 0.05) is 17.9 Å². The lowest BCUT2D eigenvalue weighted by Gasteiger charge is -2.29. The van der Waals surface area contributed by atoms with Crippen molar-refractivity contribution in [3.63, 3.8) is 0 Å². The molecule has 0 spiro atoms. The summed E-state index contributed by atoms with van der Waals surface area (Å²) in [6.07, 6.45) is 1.66. The van der Waals surface area contributed by atoms with Crippen molar-refractivity contribution in [3.05, 3.63) is 29.8 Å². The second-order valence-corrected chi connectivity index (χ2v) is 7.19. The molecular formula is C14H22BrNO2S. The number of nitrogens with zero attached hydrogens (tertiary/aromatic N) is 1.